The molecule has 0 spiro atoms. The van der Waals surface area contributed by atoms with Crippen LogP contribution in [0.3, 0.4) is 0 Å². The van der Waals surface area contributed by atoms with Gasteiger partial charge in [0.1, 0.15) is 0 Å². The maximum Gasteiger partial charge on any atom is 0.0887 e. The second kappa shape index (κ2) is 3.53. The molecule has 0 rings (SSSR count). The second-order valence-corrected chi connectivity index (χ2v) is 2.23. The molecule has 0 aromatic carbocycles. The summed E-state index contributed by atoms with van der Waals surface area (Å²) in [6, 6.07) is 0. The van der Waals surface area contributed by atoms with E-state index in [0.717, 1.165) is 5.76 Å². The van der Waals surface area contributed by atoms with Crippen molar-refractivity contribution < 1.29 is 4.74 Å². The van der Waals surface area contributed by atoms with Crippen LogP contribution in [0.1, 0.15) is 20.8 Å². The molecule has 0 N–H and O–H groups in total. The Morgan fingerprint density at radius 3 is 2.12 bits per heavy atom. The number of rotatable bonds is 2. The average molecular weight is 114 g/mol. The van der Waals surface area contributed by atoms with Crippen LogP contribution in [0.25, 0.3) is 0 Å². The van der Waals surface area contributed by atoms with Gasteiger partial charge in [-0.25, -0.2) is 0 Å². The second-order valence-electron chi connectivity index (χ2n) is 2.23. The Hall–Kier alpha value is -0.460. The summed E-state index contributed by atoms with van der Waals surface area (Å²) in [6.07, 6.45) is 2.08. The monoisotopic (exact) mass is 114 g/mol. The Labute approximate surface area is 51.4 Å². The zero-order valence-corrected chi connectivity index (χ0v) is 6.06. The Kier molecular flexibility index (Phi) is 3.33. The highest BCUT2D eigenvalue weighted by Crippen LogP contribution is 2.00. The molecule has 0 atom stereocenters. The first-order valence-electron chi connectivity index (χ1n) is 2.89. The lowest BCUT2D eigenvalue weighted by atomic mass is 10.2. The molecule has 0 aliphatic carbocycles. The minimum atomic E-state index is 0.593. The summed E-state index contributed by atoms with van der Waals surface area (Å²) in [4.78, 5) is 0. The van der Waals surface area contributed by atoms with E-state index in [2.05, 4.69) is 19.9 Å². The molecule has 48 valence electrons. The van der Waals surface area contributed by atoms with Gasteiger partial charge in [0.25, 0.3) is 0 Å². The van der Waals surface area contributed by atoms with Crippen molar-refractivity contribution in [1.29, 1.82) is 0 Å². The van der Waals surface area contributed by atoms with E-state index in [-0.39, 0.29) is 0 Å². The van der Waals surface area contributed by atoms with Crippen molar-refractivity contribution >= 4 is 0 Å². The quantitative estimate of drug-likeness (QED) is 0.500. The molecular weight excluding hydrogens is 100 g/mol. The summed E-state index contributed by atoms with van der Waals surface area (Å²) in [5.41, 5.74) is 0. The van der Waals surface area contributed by atoms with Crippen LogP contribution in [-0.4, -0.2) is 7.11 Å². The normalized spacial score (nSPS) is 12.4. The lowest BCUT2D eigenvalue weighted by Gasteiger charge is -1.99. The van der Waals surface area contributed by atoms with E-state index in [0.29, 0.717) is 5.92 Å². The maximum absolute atomic E-state index is 4.92. The van der Waals surface area contributed by atoms with E-state index >= 15 is 0 Å². The summed E-state index contributed by atoms with van der Waals surface area (Å²) >= 11 is 0. The molecule has 1 heteroatoms. The van der Waals surface area contributed by atoms with Crippen LogP contribution in [0.5, 0.6) is 0 Å². The van der Waals surface area contributed by atoms with Gasteiger partial charge in [0.05, 0.1) is 12.9 Å². The first-order chi connectivity index (χ1) is 3.66. The molecule has 0 amide bonds. The lowest BCUT2D eigenvalue weighted by molar-refractivity contribution is 0.290. The summed E-state index contributed by atoms with van der Waals surface area (Å²) in [6.45, 7) is 6.21. The van der Waals surface area contributed by atoms with Crippen LogP contribution in [0.15, 0.2) is 11.8 Å². The van der Waals surface area contributed by atoms with Gasteiger partial charge in [0.2, 0.25) is 0 Å². The summed E-state index contributed by atoms with van der Waals surface area (Å²) < 4.78 is 4.92. The van der Waals surface area contributed by atoms with Gasteiger partial charge >= 0.3 is 0 Å². The standard InChI is InChI=1S/C7H14O/c1-6(2)5-7(3)8-4/h5-6H,1-4H3/b7-5-. The molecule has 0 aliphatic heterocycles. The van der Waals surface area contributed by atoms with Crippen molar-refractivity contribution in [3.8, 4) is 0 Å². The van der Waals surface area contributed by atoms with E-state index in [1.807, 2.05) is 6.92 Å². The predicted octanol–water partition coefficient (Wildman–Crippen LogP) is 2.19. The maximum atomic E-state index is 4.92. The van der Waals surface area contributed by atoms with E-state index in [9.17, 15) is 0 Å². The molecule has 0 bridgehead atoms. The van der Waals surface area contributed by atoms with Gasteiger partial charge in [-0.3, -0.25) is 0 Å². The minimum Gasteiger partial charge on any atom is -0.502 e. The average Bonchev–Trinajstić information content (AvgIpc) is 1.65. The molecule has 0 saturated carbocycles. The topological polar surface area (TPSA) is 9.23 Å². The van der Waals surface area contributed by atoms with Crippen LogP contribution in [0, 0.1) is 5.92 Å². The van der Waals surface area contributed by atoms with Crippen LogP contribution in [-0.2, 0) is 4.74 Å². The highest BCUT2D eigenvalue weighted by atomic mass is 16.5. The number of methoxy groups -OCH3 is 1. The molecule has 0 aromatic heterocycles. The van der Waals surface area contributed by atoms with Gasteiger partial charge in [0, 0.05) is 0 Å². The zero-order valence-electron chi connectivity index (χ0n) is 6.06. The van der Waals surface area contributed by atoms with Gasteiger partial charge in [-0.15, -0.1) is 0 Å². The number of hydrogen-bond donors (Lipinski definition) is 0. The zero-order chi connectivity index (χ0) is 6.57. The van der Waals surface area contributed by atoms with E-state index < -0.39 is 0 Å². The van der Waals surface area contributed by atoms with Crippen molar-refractivity contribution in [3.63, 3.8) is 0 Å². The van der Waals surface area contributed by atoms with Crippen molar-refractivity contribution in [2.45, 2.75) is 20.8 Å². The smallest absolute Gasteiger partial charge is 0.0887 e. The SMILES string of the molecule is CO/C(C)=C\C(C)C. The van der Waals surface area contributed by atoms with Gasteiger partial charge in [-0.05, 0) is 18.9 Å². The lowest BCUT2D eigenvalue weighted by Crippen LogP contribution is -1.84. The molecule has 0 aliphatic rings. The van der Waals surface area contributed by atoms with Crippen LogP contribution < -0.4 is 0 Å². The molecule has 0 aromatic rings. The fraction of sp³-hybridized carbons (Fsp3) is 0.714. The third-order valence-electron chi connectivity index (χ3n) is 0.890. The summed E-state index contributed by atoms with van der Waals surface area (Å²) in [7, 11) is 1.69. The number of ether oxygens (including phenoxy) is 1. The fourth-order valence-corrected chi connectivity index (χ4v) is 0.537. The van der Waals surface area contributed by atoms with Crippen molar-refractivity contribution in [1.82, 2.24) is 0 Å². The summed E-state index contributed by atoms with van der Waals surface area (Å²) in [5.74, 6) is 1.59. The first-order valence-corrected chi connectivity index (χ1v) is 2.89. The molecule has 0 fully saturated rings. The Balaban J connectivity index is 3.56. The third kappa shape index (κ3) is 3.72. The predicted molar refractivity (Wildman–Crippen MR) is 35.6 cm³/mol. The van der Waals surface area contributed by atoms with E-state index in [4.69, 9.17) is 4.74 Å². The minimum absolute atomic E-state index is 0.593. The molecule has 1 nitrogen and oxygen atoms in total. The highest BCUT2D eigenvalue weighted by Gasteiger charge is 1.87. The molecule has 0 unspecified atom stereocenters. The third-order valence-corrected chi connectivity index (χ3v) is 0.890. The van der Waals surface area contributed by atoms with Crippen LogP contribution >= 0.6 is 0 Å². The van der Waals surface area contributed by atoms with Gasteiger partial charge in [-0.1, -0.05) is 13.8 Å². The van der Waals surface area contributed by atoms with Gasteiger partial charge in [-0.2, -0.15) is 0 Å². The Bertz CT molecular complexity index is 82.4. The Morgan fingerprint density at radius 2 is 2.00 bits per heavy atom. The number of allylic oxidation sites excluding steroid dienone is 2. The number of hydrogen-bond acceptors (Lipinski definition) is 1. The van der Waals surface area contributed by atoms with Gasteiger partial charge in [0.15, 0.2) is 0 Å². The van der Waals surface area contributed by atoms with E-state index in [1.165, 1.54) is 0 Å². The van der Waals surface area contributed by atoms with Crippen LogP contribution in [0.2, 0.25) is 0 Å². The molecule has 0 saturated heterocycles. The van der Waals surface area contributed by atoms with E-state index in [1.54, 1.807) is 7.11 Å². The van der Waals surface area contributed by atoms with Crippen molar-refractivity contribution in [3.05, 3.63) is 11.8 Å². The largest absolute Gasteiger partial charge is 0.502 e. The van der Waals surface area contributed by atoms with Crippen molar-refractivity contribution in [2.24, 2.45) is 5.92 Å². The first kappa shape index (κ1) is 7.54. The van der Waals surface area contributed by atoms with Gasteiger partial charge < -0.3 is 4.74 Å². The van der Waals surface area contributed by atoms with Crippen molar-refractivity contribution in [2.75, 3.05) is 7.11 Å². The molecular formula is C7H14O. The highest BCUT2D eigenvalue weighted by molar-refractivity contribution is 4.89. The molecule has 8 heavy (non-hydrogen) atoms. The molecule has 0 heterocycles. The Morgan fingerprint density at radius 1 is 1.50 bits per heavy atom. The molecule has 0 radical (unpaired) electrons. The van der Waals surface area contributed by atoms with Crippen LogP contribution in [0.4, 0.5) is 0 Å². The fourth-order valence-electron chi connectivity index (χ4n) is 0.537. The summed E-state index contributed by atoms with van der Waals surface area (Å²) in [5, 5.41) is 0.